The average molecular weight is 564 g/mol. The highest BCUT2D eigenvalue weighted by Crippen LogP contribution is 2.34. The van der Waals surface area contributed by atoms with Crippen LogP contribution >= 0.6 is 0 Å². The molecule has 0 radical (unpaired) electrons. The summed E-state index contributed by atoms with van der Waals surface area (Å²) in [5.74, 6) is -5.48. The van der Waals surface area contributed by atoms with Gasteiger partial charge in [0.05, 0.1) is 13.2 Å². The van der Waals surface area contributed by atoms with E-state index in [9.17, 15) is 24.0 Å². The molecular weight excluding hydrogens is 522 g/mol. The van der Waals surface area contributed by atoms with Crippen LogP contribution in [-0.2, 0) is 52.5 Å². The maximum atomic E-state index is 12.1. The minimum atomic E-state index is -1.96. The van der Waals surface area contributed by atoms with Gasteiger partial charge in [0.2, 0.25) is 11.8 Å². The first-order chi connectivity index (χ1) is 18.2. The lowest BCUT2D eigenvalue weighted by Crippen LogP contribution is -2.72. The van der Waals surface area contributed by atoms with Gasteiger partial charge in [-0.15, -0.1) is 0 Å². The standard InChI is InChI=1S/C22H37N3O10.C2H4O2/c1-14(26)25-19-13-32-18(12-31-15(2)27)21(34-16(3)28)22(19,35-17(4)29)33-11-6-5-8-20(30)24-10-7-9-23;1-2(3)4/h18-19,21H,5-13,23H2,1-4H3,(H,24,30)(H,25,26);1H3,(H,3,4)/t18-,19+,21+,22?;/m1./s1. The minimum absolute atomic E-state index is 0.00249. The molecule has 15 nitrogen and oxygen atoms in total. The molecule has 1 aliphatic heterocycles. The summed E-state index contributed by atoms with van der Waals surface area (Å²) in [4.78, 5) is 68.2. The number of nitrogens with two attached hydrogens (primary N) is 1. The zero-order chi connectivity index (χ0) is 30.0. The Hall–Kier alpha value is -3.30. The van der Waals surface area contributed by atoms with Crippen LogP contribution in [0.15, 0.2) is 0 Å². The van der Waals surface area contributed by atoms with Crippen molar-refractivity contribution in [1.82, 2.24) is 10.6 Å². The largest absolute Gasteiger partial charge is 0.481 e. The molecule has 15 heteroatoms. The zero-order valence-electron chi connectivity index (χ0n) is 23.1. The molecule has 1 saturated heterocycles. The lowest BCUT2D eigenvalue weighted by Gasteiger charge is -2.49. The molecule has 0 spiro atoms. The van der Waals surface area contributed by atoms with Gasteiger partial charge in [0.25, 0.3) is 11.8 Å². The van der Waals surface area contributed by atoms with Crippen molar-refractivity contribution in [2.24, 2.45) is 5.73 Å². The topological polar surface area (TPSA) is 219 Å². The van der Waals surface area contributed by atoms with Crippen molar-refractivity contribution in [2.75, 3.05) is 32.9 Å². The van der Waals surface area contributed by atoms with Crippen LogP contribution < -0.4 is 16.4 Å². The summed E-state index contributed by atoms with van der Waals surface area (Å²) in [6, 6.07) is -1.04. The number of nitrogens with one attached hydrogen (secondary N) is 2. The molecule has 39 heavy (non-hydrogen) atoms. The maximum Gasteiger partial charge on any atom is 0.305 e. The first kappa shape index (κ1) is 35.7. The fourth-order valence-corrected chi connectivity index (χ4v) is 3.54. The quantitative estimate of drug-likeness (QED) is 0.0898. The summed E-state index contributed by atoms with van der Waals surface area (Å²) < 4.78 is 27.7. The van der Waals surface area contributed by atoms with Crippen LogP contribution in [0.2, 0.25) is 0 Å². The third-order valence-electron chi connectivity index (χ3n) is 4.95. The number of rotatable bonds is 14. The van der Waals surface area contributed by atoms with Crippen LogP contribution in [-0.4, -0.2) is 97.7 Å². The number of hydrogen-bond donors (Lipinski definition) is 4. The van der Waals surface area contributed by atoms with Gasteiger partial charge in [-0.05, 0) is 25.8 Å². The van der Waals surface area contributed by atoms with E-state index in [1.807, 2.05) is 0 Å². The second-order valence-corrected chi connectivity index (χ2v) is 8.59. The third-order valence-corrected chi connectivity index (χ3v) is 4.95. The smallest absolute Gasteiger partial charge is 0.305 e. The Bertz CT molecular complexity index is 833. The number of ether oxygens (including phenoxy) is 5. The van der Waals surface area contributed by atoms with Crippen LogP contribution in [0.1, 0.15) is 60.3 Å². The summed E-state index contributed by atoms with van der Waals surface area (Å²) in [6.07, 6.45) is -0.634. The zero-order valence-corrected chi connectivity index (χ0v) is 23.1. The highest BCUT2D eigenvalue weighted by Gasteiger charge is 2.60. The van der Waals surface area contributed by atoms with E-state index < -0.39 is 53.8 Å². The van der Waals surface area contributed by atoms with Gasteiger partial charge in [0.15, 0.2) is 6.10 Å². The van der Waals surface area contributed by atoms with Crippen LogP contribution in [0.5, 0.6) is 0 Å². The van der Waals surface area contributed by atoms with Gasteiger partial charge in [0.1, 0.15) is 18.8 Å². The first-order valence-electron chi connectivity index (χ1n) is 12.4. The summed E-state index contributed by atoms with van der Waals surface area (Å²) in [6.45, 7) is 6.31. The van der Waals surface area contributed by atoms with Crippen molar-refractivity contribution < 1.29 is 57.6 Å². The molecule has 1 aliphatic rings. The fraction of sp³-hybridized carbons (Fsp3) is 0.750. The van der Waals surface area contributed by atoms with Crippen LogP contribution in [0, 0.1) is 0 Å². The van der Waals surface area contributed by atoms with Gasteiger partial charge in [-0.3, -0.25) is 28.8 Å². The molecule has 0 aromatic carbocycles. The monoisotopic (exact) mass is 563 g/mol. The second kappa shape index (κ2) is 18.9. The van der Waals surface area contributed by atoms with Gasteiger partial charge < -0.3 is 45.2 Å². The van der Waals surface area contributed by atoms with Gasteiger partial charge in [0, 0.05) is 47.6 Å². The summed E-state index contributed by atoms with van der Waals surface area (Å²) in [5, 5.41) is 12.8. The SMILES string of the molecule is CC(=O)N[C@H]1CO[C@H](COC(C)=O)[C@H](OC(C)=O)C1(OCCCCC(=O)NCCCN)OC(C)=O.CC(=O)O. The fourth-order valence-electron chi connectivity index (χ4n) is 3.54. The molecule has 0 saturated carbocycles. The van der Waals surface area contributed by atoms with Crippen LogP contribution in [0.25, 0.3) is 0 Å². The molecule has 0 aliphatic carbocycles. The van der Waals surface area contributed by atoms with Crippen molar-refractivity contribution in [2.45, 2.75) is 84.3 Å². The van der Waals surface area contributed by atoms with Crippen LogP contribution in [0.3, 0.4) is 0 Å². The third kappa shape index (κ3) is 15.0. The molecule has 0 bridgehead atoms. The Balaban J connectivity index is 0.00000336. The molecule has 2 amide bonds. The van der Waals surface area contributed by atoms with E-state index in [4.69, 9.17) is 39.3 Å². The summed E-state index contributed by atoms with van der Waals surface area (Å²) in [5.41, 5.74) is 5.40. The average Bonchev–Trinajstić information content (AvgIpc) is 2.79. The Kier molecular flexibility index (Phi) is 17.3. The van der Waals surface area contributed by atoms with E-state index in [-0.39, 0.29) is 32.1 Å². The van der Waals surface area contributed by atoms with Crippen molar-refractivity contribution in [3.05, 3.63) is 0 Å². The van der Waals surface area contributed by atoms with E-state index in [1.165, 1.54) is 13.8 Å². The second-order valence-electron chi connectivity index (χ2n) is 8.59. The number of carbonyl (C=O) groups excluding carboxylic acids is 5. The maximum absolute atomic E-state index is 12.1. The predicted octanol–water partition coefficient (Wildman–Crippen LogP) is -0.613. The van der Waals surface area contributed by atoms with E-state index in [1.54, 1.807) is 0 Å². The van der Waals surface area contributed by atoms with Gasteiger partial charge in [-0.2, -0.15) is 0 Å². The molecule has 5 N–H and O–H groups in total. The normalized spacial score (nSPS) is 21.8. The number of carbonyl (C=O) groups is 6. The Morgan fingerprint density at radius 1 is 0.974 bits per heavy atom. The Morgan fingerprint density at radius 3 is 2.13 bits per heavy atom. The van der Waals surface area contributed by atoms with E-state index in [2.05, 4.69) is 10.6 Å². The minimum Gasteiger partial charge on any atom is -0.481 e. The van der Waals surface area contributed by atoms with E-state index in [0.717, 1.165) is 20.8 Å². The molecule has 1 heterocycles. The molecular formula is C24H41N3O12. The number of amides is 2. The Morgan fingerprint density at radius 2 is 1.62 bits per heavy atom. The number of aliphatic carboxylic acids is 1. The van der Waals surface area contributed by atoms with Crippen molar-refractivity contribution in [3.63, 3.8) is 0 Å². The first-order valence-corrected chi connectivity index (χ1v) is 12.4. The molecule has 1 fully saturated rings. The van der Waals surface area contributed by atoms with Crippen molar-refractivity contribution in [3.8, 4) is 0 Å². The van der Waals surface area contributed by atoms with Crippen molar-refractivity contribution >= 4 is 35.7 Å². The number of carboxylic acid groups (broad SMARTS) is 1. The highest BCUT2D eigenvalue weighted by molar-refractivity contribution is 5.75. The number of unbranched alkanes of at least 4 members (excludes halogenated alkanes) is 1. The molecule has 0 aromatic rings. The molecule has 0 aromatic heterocycles. The molecule has 4 atom stereocenters. The molecule has 224 valence electrons. The lowest BCUT2D eigenvalue weighted by molar-refractivity contribution is -0.329. The van der Waals surface area contributed by atoms with E-state index >= 15 is 0 Å². The number of hydrogen-bond acceptors (Lipinski definition) is 12. The lowest BCUT2D eigenvalue weighted by atomic mass is 9.92. The number of carboxylic acids is 1. The van der Waals surface area contributed by atoms with E-state index in [0.29, 0.717) is 32.4 Å². The Labute approximate surface area is 227 Å². The van der Waals surface area contributed by atoms with Gasteiger partial charge in [-0.1, -0.05) is 0 Å². The number of esters is 3. The molecule has 1 rings (SSSR count). The molecule has 1 unspecified atom stereocenters. The summed E-state index contributed by atoms with van der Waals surface area (Å²) in [7, 11) is 0. The summed E-state index contributed by atoms with van der Waals surface area (Å²) >= 11 is 0. The van der Waals surface area contributed by atoms with Gasteiger partial charge >= 0.3 is 17.9 Å². The highest BCUT2D eigenvalue weighted by atomic mass is 16.7. The predicted molar refractivity (Wildman–Crippen MR) is 134 cm³/mol. The van der Waals surface area contributed by atoms with Crippen LogP contribution in [0.4, 0.5) is 0 Å². The van der Waals surface area contributed by atoms with Gasteiger partial charge in [-0.25, -0.2) is 0 Å². The van der Waals surface area contributed by atoms with Crippen molar-refractivity contribution in [1.29, 1.82) is 0 Å².